The zero-order chi connectivity index (χ0) is 20.3. The highest BCUT2D eigenvalue weighted by Gasteiger charge is 2.22. The summed E-state index contributed by atoms with van der Waals surface area (Å²) in [6, 6.07) is 10.6. The highest BCUT2D eigenvalue weighted by atomic mass is 35.5. The molecule has 2 aromatic carbocycles. The quantitative estimate of drug-likeness (QED) is 0.484. The van der Waals surface area contributed by atoms with Crippen LogP contribution in [0, 0.1) is 12.7 Å². The van der Waals surface area contributed by atoms with Gasteiger partial charge in [-0.05, 0) is 48.9 Å². The van der Waals surface area contributed by atoms with Crippen LogP contribution in [0.3, 0.4) is 0 Å². The average molecular weight is 421 g/mol. The summed E-state index contributed by atoms with van der Waals surface area (Å²) < 4.78 is 18.3. The van der Waals surface area contributed by atoms with E-state index in [4.69, 9.17) is 33.5 Å². The van der Waals surface area contributed by atoms with Gasteiger partial charge in [-0.15, -0.1) is 0 Å². The first-order valence-electron chi connectivity index (χ1n) is 8.12. The molecule has 3 N–H and O–H groups in total. The van der Waals surface area contributed by atoms with Crippen molar-refractivity contribution >= 4 is 35.1 Å². The number of hydrogen-bond donors (Lipinski definition) is 2. The Bertz CT molecular complexity index is 1050. The minimum absolute atomic E-state index is 0.0817. The average Bonchev–Trinajstić information content (AvgIpc) is 3.05. The maximum absolute atomic E-state index is 13.1. The summed E-state index contributed by atoms with van der Waals surface area (Å²) in [5.74, 6) is -0.710. The van der Waals surface area contributed by atoms with Crippen molar-refractivity contribution < 1.29 is 13.7 Å². The van der Waals surface area contributed by atoms with Crippen molar-refractivity contribution in [2.75, 3.05) is 0 Å². The maximum atomic E-state index is 13.1. The molecule has 9 heteroatoms. The summed E-state index contributed by atoms with van der Waals surface area (Å²) in [4.78, 5) is 16.7. The fourth-order valence-corrected chi connectivity index (χ4v) is 2.80. The third-order valence-corrected chi connectivity index (χ3v) is 4.60. The van der Waals surface area contributed by atoms with E-state index in [9.17, 15) is 9.18 Å². The second-order valence-corrected chi connectivity index (χ2v) is 6.69. The highest BCUT2D eigenvalue weighted by molar-refractivity contribution is 6.42. The van der Waals surface area contributed by atoms with Crippen LogP contribution in [0.4, 0.5) is 4.39 Å². The van der Waals surface area contributed by atoms with Gasteiger partial charge in [0.05, 0.1) is 16.6 Å². The Kier molecular flexibility index (Phi) is 5.96. The molecule has 144 valence electrons. The number of nitrogens with two attached hydrogens (primary N) is 1. The molecule has 0 fully saturated rings. The minimum Gasteiger partial charge on any atom is -0.370 e. The largest absolute Gasteiger partial charge is 0.370 e. The van der Waals surface area contributed by atoms with Crippen LogP contribution in [0.15, 0.2) is 52.0 Å². The Morgan fingerprint density at radius 2 is 1.93 bits per heavy atom. The van der Waals surface area contributed by atoms with Crippen LogP contribution in [-0.2, 0) is 6.54 Å². The topological polar surface area (TPSA) is 93.5 Å². The first-order valence-corrected chi connectivity index (χ1v) is 8.88. The van der Waals surface area contributed by atoms with Gasteiger partial charge in [-0.1, -0.05) is 34.4 Å². The summed E-state index contributed by atoms with van der Waals surface area (Å²) in [6.45, 7) is 1.80. The number of rotatable bonds is 4. The number of guanidine groups is 1. The monoisotopic (exact) mass is 420 g/mol. The molecule has 1 heterocycles. The second-order valence-electron chi connectivity index (χ2n) is 5.87. The fraction of sp³-hybridized carbons (Fsp3) is 0.105. The van der Waals surface area contributed by atoms with E-state index in [1.54, 1.807) is 25.1 Å². The van der Waals surface area contributed by atoms with Crippen molar-refractivity contribution in [2.45, 2.75) is 13.5 Å². The fourth-order valence-electron chi connectivity index (χ4n) is 2.48. The number of aromatic nitrogens is 1. The lowest BCUT2D eigenvalue weighted by Crippen LogP contribution is -2.37. The molecule has 6 nitrogen and oxygen atoms in total. The van der Waals surface area contributed by atoms with Gasteiger partial charge in [0.15, 0.2) is 5.96 Å². The molecular formula is C19H15Cl2FN4O2. The van der Waals surface area contributed by atoms with Gasteiger partial charge >= 0.3 is 0 Å². The van der Waals surface area contributed by atoms with Gasteiger partial charge in [-0.3, -0.25) is 10.1 Å². The molecule has 0 unspecified atom stereocenters. The van der Waals surface area contributed by atoms with Crippen LogP contribution in [-0.4, -0.2) is 17.0 Å². The standard InChI is InChI=1S/C19H15Cl2FN4O2/c1-10-16(17(26-28-10)12-3-5-13(22)6-4-12)18(27)25-19(23)24-9-11-2-7-14(20)15(21)8-11/h2-8H,9H2,1H3,(H3,23,24,25,27). The van der Waals surface area contributed by atoms with E-state index in [1.165, 1.54) is 24.3 Å². The number of nitrogens with zero attached hydrogens (tertiary/aromatic N) is 2. The van der Waals surface area contributed by atoms with Gasteiger partial charge in [-0.25, -0.2) is 9.38 Å². The van der Waals surface area contributed by atoms with E-state index < -0.39 is 11.7 Å². The Morgan fingerprint density at radius 3 is 2.61 bits per heavy atom. The first-order chi connectivity index (χ1) is 13.3. The van der Waals surface area contributed by atoms with Gasteiger partial charge in [-0.2, -0.15) is 0 Å². The van der Waals surface area contributed by atoms with Crippen LogP contribution >= 0.6 is 23.2 Å². The summed E-state index contributed by atoms with van der Waals surface area (Å²) in [6.07, 6.45) is 0. The Labute approximate surface area is 170 Å². The molecule has 0 aliphatic heterocycles. The molecule has 3 rings (SSSR count). The zero-order valence-corrected chi connectivity index (χ0v) is 16.2. The smallest absolute Gasteiger partial charge is 0.263 e. The van der Waals surface area contributed by atoms with Crippen LogP contribution in [0.2, 0.25) is 10.0 Å². The van der Waals surface area contributed by atoms with E-state index in [1.807, 2.05) is 0 Å². The minimum atomic E-state index is -0.534. The third-order valence-electron chi connectivity index (χ3n) is 3.87. The molecule has 0 spiro atoms. The molecule has 0 radical (unpaired) electrons. The van der Waals surface area contributed by atoms with Crippen LogP contribution < -0.4 is 11.1 Å². The van der Waals surface area contributed by atoms with Crippen molar-refractivity contribution in [3.8, 4) is 11.3 Å². The van der Waals surface area contributed by atoms with Crippen LogP contribution in [0.25, 0.3) is 11.3 Å². The molecule has 0 aliphatic carbocycles. The van der Waals surface area contributed by atoms with Gasteiger partial charge < -0.3 is 10.3 Å². The lowest BCUT2D eigenvalue weighted by molar-refractivity contribution is 0.0975. The van der Waals surface area contributed by atoms with E-state index in [2.05, 4.69) is 15.5 Å². The molecule has 0 bridgehead atoms. The number of amides is 1. The van der Waals surface area contributed by atoms with Gasteiger partial charge in [0.2, 0.25) is 0 Å². The SMILES string of the molecule is Cc1onc(-c2ccc(F)cc2)c1C(=O)NC(N)=NCc1ccc(Cl)c(Cl)c1. The number of carbonyl (C=O) groups excluding carboxylic acids is 1. The number of hydrogen-bond acceptors (Lipinski definition) is 4. The Hall–Kier alpha value is -2.90. The van der Waals surface area contributed by atoms with Crippen molar-refractivity contribution in [3.63, 3.8) is 0 Å². The van der Waals surface area contributed by atoms with Gasteiger partial charge in [0.1, 0.15) is 22.8 Å². The molecule has 3 aromatic rings. The van der Waals surface area contributed by atoms with Crippen LogP contribution in [0.1, 0.15) is 21.7 Å². The maximum Gasteiger partial charge on any atom is 0.263 e. The second kappa shape index (κ2) is 8.41. The number of aryl methyl sites for hydroxylation is 1. The van der Waals surface area contributed by atoms with E-state index in [-0.39, 0.29) is 23.8 Å². The van der Waals surface area contributed by atoms with Gasteiger partial charge in [0, 0.05) is 5.56 Å². The third kappa shape index (κ3) is 4.49. The lowest BCUT2D eigenvalue weighted by Gasteiger charge is -2.06. The molecule has 0 saturated carbocycles. The highest BCUT2D eigenvalue weighted by Crippen LogP contribution is 2.25. The number of nitrogens with one attached hydrogen (secondary N) is 1. The van der Waals surface area contributed by atoms with Gasteiger partial charge in [0.25, 0.3) is 5.91 Å². The van der Waals surface area contributed by atoms with E-state index in [0.29, 0.717) is 21.4 Å². The van der Waals surface area contributed by atoms with Crippen molar-refractivity contribution in [2.24, 2.45) is 10.7 Å². The van der Waals surface area contributed by atoms with E-state index >= 15 is 0 Å². The predicted octanol–water partition coefficient (Wildman–Crippen LogP) is 4.34. The summed E-state index contributed by atoms with van der Waals surface area (Å²) in [7, 11) is 0. The van der Waals surface area contributed by atoms with Crippen molar-refractivity contribution in [1.29, 1.82) is 0 Å². The Morgan fingerprint density at radius 1 is 1.21 bits per heavy atom. The molecule has 1 amide bonds. The summed E-state index contributed by atoms with van der Waals surface area (Å²) in [5, 5.41) is 7.23. The van der Waals surface area contributed by atoms with E-state index in [0.717, 1.165) is 5.56 Å². The zero-order valence-electron chi connectivity index (χ0n) is 14.7. The molecular weight excluding hydrogens is 406 g/mol. The molecule has 1 aromatic heterocycles. The predicted molar refractivity (Wildman–Crippen MR) is 106 cm³/mol. The molecule has 0 aliphatic rings. The Balaban J connectivity index is 1.76. The number of benzene rings is 2. The number of halogens is 3. The van der Waals surface area contributed by atoms with Crippen LogP contribution in [0.5, 0.6) is 0 Å². The number of carbonyl (C=O) groups is 1. The lowest BCUT2D eigenvalue weighted by atomic mass is 10.1. The summed E-state index contributed by atoms with van der Waals surface area (Å²) >= 11 is 11.8. The van der Waals surface area contributed by atoms with Crippen molar-refractivity contribution in [1.82, 2.24) is 10.5 Å². The molecule has 28 heavy (non-hydrogen) atoms. The van der Waals surface area contributed by atoms with Crippen molar-refractivity contribution in [3.05, 3.63) is 75.2 Å². The normalized spacial score (nSPS) is 11.5. The molecule has 0 atom stereocenters. The first kappa shape index (κ1) is 19.9. The molecule has 0 saturated heterocycles. The number of aliphatic imine (C=N–C) groups is 1. The summed E-state index contributed by atoms with van der Waals surface area (Å²) in [5.41, 5.74) is 7.61.